The molecule has 0 fully saturated rings. The third kappa shape index (κ3) is 7.95. The number of hydrogen-bond acceptors (Lipinski definition) is 9. The summed E-state index contributed by atoms with van der Waals surface area (Å²) in [5.74, 6) is -0.766. The van der Waals surface area contributed by atoms with Gasteiger partial charge in [0.1, 0.15) is 10.1 Å². The summed E-state index contributed by atoms with van der Waals surface area (Å²) >= 11 is 0.549. The van der Waals surface area contributed by atoms with E-state index in [9.17, 15) is 23.0 Å². The van der Waals surface area contributed by atoms with Crippen molar-refractivity contribution >= 4 is 56.0 Å². The molecule has 0 atom stereocenters. The van der Waals surface area contributed by atoms with E-state index in [4.69, 9.17) is 5.11 Å². The predicted molar refractivity (Wildman–Crippen MR) is 207 cm³/mol. The molecule has 2 aliphatic rings. The molecule has 0 aliphatic carbocycles. The van der Waals surface area contributed by atoms with E-state index in [-0.39, 0.29) is 23.3 Å². The summed E-state index contributed by atoms with van der Waals surface area (Å²) in [6.45, 7) is 9.86. The quantitative estimate of drug-likeness (QED) is 0.0241. The van der Waals surface area contributed by atoms with Gasteiger partial charge in [0.25, 0.3) is 0 Å². The summed E-state index contributed by atoms with van der Waals surface area (Å²) in [5.41, 5.74) is 6.63. The van der Waals surface area contributed by atoms with Crippen LogP contribution in [0.25, 0.3) is 10.8 Å². The number of hydrogen-bond donors (Lipinski definition) is 1. The van der Waals surface area contributed by atoms with Crippen LogP contribution in [0.3, 0.4) is 0 Å². The van der Waals surface area contributed by atoms with Crippen molar-refractivity contribution in [3.8, 4) is 0 Å². The monoisotopic (exact) mass is 767 g/mol. The molecule has 4 aromatic rings. The molecule has 54 heavy (non-hydrogen) atoms. The third-order valence-corrected chi connectivity index (χ3v) is 11.9. The van der Waals surface area contributed by atoms with E-state index < -0.39 is 26.4 Å². The summed E-state index contributed by atoms with van der Waals surface area (Å²) in [4.78, 5) is 13.2. The molecule has 6 rings (SSSR count). The predicted octanol–water partition coefficient (Wildman–Crippen LogP) is 7.99. The lowest BCUT2D eigenvalue weighted by Crippen LogP contribution is -2.27. The van der Waals surface area contributed by atoms with E-state index in [1.807, 2.05) is 36.4 Å². The Labute approximate surface area is 320 Å². The molecule has 12 heteroatoms. The van der Waals surface area contributed by atoms with E-state index >= 15 is 0 Å². The maximum atomic E-state index is 11.8. The average Bonchev–Trinajstić information content (AvgIpc) is 3.48. The Kier molecular flexibility index (Phi) is 11.6. The highest BCUT2D eigenvalue weighted by molar-refractivity contribution is 7.94. The number of allylic oxidation sites excluding steroid dienone is 6. The Morgan fingerprint density at radius 3 is 2.44 bits per heavy atom. The Balaban J connectivity index is 1.36. The van der Waals surface area contributed by atoms with Crippen LogP contribution in [-0.2, 0) is 41.7 Å². The summed E-state index contributed by atoms with van der Waals surface area (Å²) in [6.07, 6.45) is 12.8. The van der Waals surface area contributed by atoms with Gasteiger partial charge < -0.3 is 19.8 Å². The molecule has 0 aromatic heterocycles. The van der Waals surface area contributed by atoms with Crippen molar-refractivity contribution in [2.75, 3.05) is 11.4 Å². The van der Waals surface area contributed by atoms with Crippen molar-refractivity contribution in [1.29, 1.82) is 0 Å². The second kappa shape index (κ2) is 16.0. The van der Waals surface area contributed by atoms with Crippen molar-refractivity contribution in [3.63, 3.8) is 0 Å². The van der Waals surface area contributed by atoms with E-state index in [1.165, 1.54) is 29.1 Å². The Morgan fingerprint density at radius 2 is 1.69 bits per heavy atom. The molecule has 282 valence electrons. The Bertz CT molecular complexity index is 2310. The topological polar surface area (TPSA) is 142 Å². The minimum atomic E-state index is -4.76. The van der Waals surface area contributed by atoms with Crippen molar-refractivity contribution in [1.82, 2.24) is 0 Å². The molecule has 1 N–H and O–H groups in total. The molecule has 2 heterocycles. The Hall–Kier alpha value is -4.56. The SMILES string of the molecule is CC1(C)C(=CC=CC=CC2=[N+](Cc3ccc(S(=O)(=O)[O-])cc3SOO[O-])c3ccc4ccccc4c3C2(C)C)N(CCCCCC(=O)O)c2ccccc21. The first-order valence-electron chi connectivity index (χ1n) is 17.8. The lowest BCUT2D eigenvalue weighted by Gasteiger charge is -2.27. The number of carbonyl (C=O) groups is 1. The van der Waals surface area contributed by atoms with Gasteiger partial charge in [-0.05, 0) is 73.4 Å². The standard InChI is InChI=1S/C42H44N2O8S2/c1-41(2)33-17-12-13-18-34(33)43(26-14-6-9-21-39(45)46)37(41)19-7-5-8-20-38-42(3,4)40-32-16-11-10-15-29(32)23-25-35(40)44(38)28-30-22-24-31(54(48,49)50)27-36(30)53-52-51-47/h5,7-8,10-13,15-20,22-25,27H,6,9,14,21,26,28H2,1-4H3,(H2-,45,46,47,48,49,50)/p-1. The van der Waals surface area contributed by atoms with Gasteiger partial charge in [0, 0.05) is 57.9 Å². The van der Waals surface area contributed by atoms with E-state index in [0.29, 0.717) is 24.0 Å². The molecule has 2 aliphatic heterocycles. The fourth-order valence-electron chi connectivity index (χ4n) is 7.79. The zero-order valence-corrected chi connectivity index (χ0v) is 32.3. The lowest BCUT2D eigenvalue weighted by atomic mass is 9.79. The van der Waals surface area contributed by atoms with Crippen molar-refractivity contribution < 1.29 is 42.1 Å². The number of carboxylic acid groups (broad SMARTS) is 1. The van der Waals surface area contributed by atoms with Crippen LogP contribution in [0.5, 0.6) is 0 Å². The number of benzene rings is 4. The maximum absolute atomic E-state index is 11.8. The largest absolute Gasteiger partial charge is 0.744 e. The molecule has 10 nitrogen and oxygen atoms in total. The van der Waals surface area contributed by atoms with Crippen LogP contribution in [0.4, 0.5) is 11.4 Å². The van der Waals surface area contributed by atoms with Gasteiger partial charge >= 0.3 is 5.97 Å². The van der Waals surface area contributed by atoms with Gasteiger partial charge in [-0.15, -0.1) is 0 Å². The fourth-order valence-corrected chi connectivity index (χ4v) is 8.87. The summed E-state index contributed by atoms with van der Waals surface area (Å²) in [5, 5.41) is 25.6. The molecule has 0 saturated carbocycles. The van der Waals surface area contributed by atoms with Crippen LogP contribution in [0.15, 0.2) is 125 Å². The number of carboxylic acids is 1. The van der Waals surface area contributed by atoms with Crippen LogP contribution in [0.1, 0.15) is 70.1 Å². The highest BCUT2D eigenvalue weighted by Crippen LogP contribution is 2.48. The van der Waals surface area contributed by atoms with E-state index in [2.05, 4.69) is 101 Å². The van der Waals surface area contributed by atoms with E-state index in [0.717, 1.165) is 47.1 Å². The molecule has 0 spiro atoms. The van der Waals surface area contributed by atoms with Crippen LogP contribution in [0, 0.1) is 0 Å². The average molecular weight is 768 g/mol. The van der Waals surface area contributed by atoms with Gasteiger partial charge in [-0.25, -0.2) is 8.42 Å². The highest BCUT2D eigenvalue weighted by Gasteiger charge is 2.46. The van der Waals surface area contributed by atoms with Crippen molar-refractivity contribution in [3.05, 3.63) is 132 Å². The molecule has 0 unspecified atom stereocenters. The number of unbranched alkanes of at least 4 members (excludes halogenated alkanes) is 2. The fraction of sp³-hybridized carbons (Fsp3) is 0.286. The molecule has 4 aromatic carbocycles. The first-order valence-corrected chi connectivity index (χ1v) is 19.9. The summed E-state index contributed by atoms with van der Waals surface area (Å²) in [6, 6.07) is 24.8. The van der Waals surface area contributed by atoms with Crippen LogP contribution >= 0.6 is 12.0 Å². The second-order valence-corrected chi connectivity index (χ2v) is 16.6. The molecule has 0 radical (unpaired) electrons. The van der Waals surface area contributed by atoms with Crippen LogP contribution in [0.2, 0.25) is 0 Å². The van der Waals surface area contributed by atoms with Gasteiger partial charge in [0.2, 0.25) is 5.69 Å². The van der Waals surface area contributed by atoms with Gasteiger partial charge in [-0.1, -0.05) is 87.0 Å². The van der Waals surface area contributed by atoms with Crippen molar-refractivity contribution in [2.45, 2.75) is 80.5 Å². The summed E-state index contributed by atoms with van der Waals surface area (Å²) < 4.78 is 42.3. The number of rotatable bonds is 15. The number of nitrogens with zero attached hydrogens (tertiary/aromatic N) is 2. The highest BCUT2D eigenvalue weighted by atomic mass is 32.2. The van der Waals surface area contributed by atoms with Gasteiger partial charge in [-0.2, -0.15) is 8.91 Å². The number of anilines is 1. The normalized spacial score (nSPS) is 17.0. The van der Waals surface area contributed by atoms with Gasteiger partial charge in [0.15, 0.2) is 12.3 Å². The molecule has 0 saturated heterocycles. The van der Waals surface area contributed by atoms with E-state index in [1.54, 1.807) is 6.07 Å². The Morgan fingerprint density at radius 1 is 0.926 bits per heavy atom. The zero-order chi connectivity index (χ0) is 38.7. The number of para-hydroxylation sites is 1. The van der Waals surface area contributed by atoms with Crippen LogP contribution in [-0.4, -0.2) is 40.9 Å². The minimum Gasteiger partial charge on any atom is -0.744 e. The van der Waals surface area contributed by atoms with Crippen molar-refractivity contribution in [2.24, 2.45) is 0 Å². The summed E-state index contributed by atoms with van der Waals surface area (Å²) in [7, 11) is -4.76. The third-order valence-electron chi connectivity index (χ3n) is 10.4. The second-order valence-electron chi connectivity index (χ2n) is 14.5. The van der Waals surface area contributed by atoms with Gasteiger partial charge in [-0.3, -0.25) is 9.83 Å². The molecule has 0 bridgehead atoms. The first-order chi connectivity index (χ1) is 25.7. The lowest BCUT2D eigenvalue weighted by molar-refractivity contribution is -0.777. The van der Waals surface area contributed by atoms with Crippen LogP contribution < -0.4 is 10.2 Å². The first kappa shape index (κ1) is 39.1. The minimum absolute atomic E-state index is 0.178. The molecular weight excluding hydrogens is 725 g/mol. The molecular formula is C42H43N2O8S2-. The maximum Gasteiger partial charge on any atom is 0.303 e. The number of aliphatic carboxylic acids is 1. The molecule has 0 amide bonds. The smallest absolute Gasteiger partial charge is 0.303 e. The zero-order valence-electron chi connectivity index (χ0n) is 30.7. The van der Waals surface area contributed by atoms with Gasteiger partial charge in [0.05, 0.1) is 22.4 Å². The number of fused-ring (bicyclic) bond motifs is 4.